The molecule has 0 aliphatic carbocycles. The highest BCUT2D eigenvalue weighted by Gasteiger charge is 2.10. The number of aliphatic carboxylic acids is 1. The number of hydrogen-bond donors (Lipinski definition) is 2. The molecule has 0 spiro atoms. The lowest BCUT2D eigenvalue weighted by Gasteiger charge is -2.22. The average Bonchev–Trinajstić information content (AvgIpc) is 2.34. The lowest BCUT2D eigenvalue weighted by Crippen LogP contribution is -2.33. The van der Waals surface area contributed by atoms with Crippen LogP contribution in [0.3, 0.4) is 0 Å². The number of halogens is 1. The van der Waals surface area contributed by atoms with Gasteiger partial charge >= 0.3 is 5.97 Å². The minimum atomic E-state index is -0.910. The number of ether oxygens (including phenoxy) is 1. The second-order valence-corrected chi connectivity index (χ2v) is 4.06. The van der Waals surface area contributed by atoms with E-state index in [0.29, 0.717) is 18.2 Å². The molecule has 18 heavy (non-hydrogen) atoms. The van der Waals surface area contributed by atoms with Crippen molar-refractivity contribution >= 4 is 23.3 Å². The molecule has 6 heteroatoms. The van der Waals surface area contributed by atoms with E-state index < -0.39 is 5.97 Å². The van der Waals surface area contributed by atoms with Crippen molar-refractivity contribution in [2.45, 2.75) is 0 Å². The largest absolute Gasteiger partial charge is 0.480 e. The van der Waals surface area contributed by atoms with Gasteiger partial charge in [0.2, 0.25) is 0 Å². The van der Waals surface area contributed by atoms with Crippen LogP contribution >= 0.6 is 11.6 Å². The van der Waals surface area contributed by atoms with Gasteiger partial charge in [-0.25, -0.2) is 0 Å². The number of aliphatic hydroxyl groups excluding tert-OH is 1. The lowest BCUT2D eigenvalue weighted by atomic mass is 10.3. The number of carboxylic acids is 1. The van der Waals surface area contributed by atoms with E-state index in [2.05, 4.69) is 0 Å². The maximum atomic E-state index is 10.8. The molecule has 0 heterocycles. The van der Waals surface area contributed by atoms with Crippen LogP contribution in [0.15, 0.2) is 24.3 Å². The van der Waals surface area contributed by atoms with Crippen LogP contribution in [0.4, 0.5) is 5.69 Å². The van der Waals surface area contributed by atoms with E-state index in [9.17, 15) is 4.79 Å². The summed E-state index contributed by atoms with van der Waals surface area (Å²) in [7, 11) is 0. The third kappa shape index (κ3) is 5.35. The highest BCUT2D eigenvalue weighted by atomic mass is 35.5. The third-order valence-electron chi connectivity index (χ3n) is 2.26. The first kappa shape index (κ1) is 14.8. The predicted molar refractivity (Wildman–Crippen MR) is 69.2 cm³/mol. The van der Waals surface area contributed by atoms with Gasteiger partial charge in [-0.3, -0.25) is 4.79 Å². The number of aliphatic hydroxyl groups is 1. The zero-order valence-electron chi connectivity index (χ0n) is 9.88. The minimum absolute atomic E-state index is 0.0418. The average molecular weight is 274 g/mol. The predicted octanol–water partition coefficient (Wildman–Crippen LogP) is 1.24. The fraction of sp³-hybridized carbons (Fsp3) is 0.417. The van der Waals surface area contributed by atoms with Crippen LogP contribution in [0.5, 0.6) is 0 Å². The SMILES string of the molecule is O=C(O)CN(CCOCCO)c1ccc(Cl)cc1. The summed E-state index contributed by atoms with van der Waals surface area (Å²) in [5.41, 5.74) is 0.773. The van der Waals surface area contributed by atoms with Crippen molar-refractivity contribution in [3.05, 3.63) is 29.3 Å². The Balaban J connectivity index is 2.59. The number of anilines is 1. The number of hydrogen-bond acceptors (Lipinski definition) is 4. The number of benzene rings is 1. The van der Waals surface area contributed by atoms with Crippen molar-refractivity contribution in [1.82, 2.24) is 0 Å². The lowest BCUT2D eigenvalue weighted by molar-refractivity contribution is -0.135. The number of carboxylic acid groups (broad SMARTS) is 1. The Kier molecular flexibility index (Phi) is 6.49. The summed E-state index contributed by atoms with van der Waals surface area (Å²) in [6.45, 7) is 0.899. The van der Waals surface area contributed by atoms with E-state index in [-0.39, 0.29) is 19.8 Å². The molecule has 1 aromatic carbocycles. The molecular formula is C12H16ClNO4. The van der Waals surface area contributed by atoms with Crippen molar-refractivity contribution in [2.75, 3.05) is 37.8 Å². The van der Waals surface area contributed by atoms with Gasteiger partial charge in [0.25, 0.3) is 0 Å². The molecule has 0 aliphatic heterocycles. The van der Waals surface area contributed by atoms with Crippen molar-refractivity contribution in [3.63, 3.8) is 0 Å². The Morgan fingerprint density at radius 1 is 1.28 bits per heavy atom. The van der Waals surface area contributed by atoms with Gasteiger partial charge in [-0.15, -0.1) is 0 Å². The Hall–Kier alpha value is -1.30. The highest BCUT2D eigenvalue weighted by Crippen LogP contribution is 2.17. The molecule has 1 aromatic rings. The summed E-state index contributed by atoms with van der Waals surface area (Å²) >= 11 is 5.78. The van der Waals surface area contributed by atoms with Crippen molar-refractivity contribution in [1.29, 1.82) is 0 Å². The summed E-state index contributed by atoms with van der Waals surface area (Å²) in [6.07, 6.45) is 0. The van der Waals surface area contributed by atoms with E-state index in [1.54, 1.807) is 29.2 Å². The third-order valence-corrected chi connectivity index (χ3v) is 2.51. The molecule has 100 valence electrons. The maximum absolute atomic E-state index is 10.8. The van der Waals surface area contributed by atoms with Gasteiger partial charge in [-0.1, -0.05) is 11.6 Å². The Labute approximate surface area is 111 Å². The van der Waals surface area contributed by atoms with Gasteiger partial charge in [0.15, 0.2) is 0 Å². The van der Waals surface area contributed by atoms with Crippen LogP contribution in [0.2, 0.25) is 5.02 Å². The molecule has 0 aromatic heterocycles. The normalized spacial score (nSPS) is 10.3. The summed E-state index contributed by atoms with van der Waals surface area (Å²) in [6, 6.07) is 6.94. The van der Waals surface area contributed by atoms with Gasteiger partial charge < -0.3 is 19.8 Å². The maximum Gasteiger partial charge on any atom is 0.323 e. The summed E-state index contributed by atoms with van der Waals surface area (Å²) in [5.74, 6) is -0.910. The highest BCUT2D eigenvalue weighted by molar-refractivity contribution is 6.30. The van der Waals surface area contributed by atoms with Crippen molar-refractivity contribution < 1.29 is 19.7 Å². The minimum Gasteiger partial charge on any atom is -0.480 e. The van der Waals surface area contributed by atoms with Crippen LogP contribution in [-0.2, 0) is 9.53 Å². The zero-order valence-corrected chi connectivity index (χ0v) is 10.6. The van der Waals surface area contributed by atoms with Crippen LogP contribution in [0.1, 0.15) is 0 Å². The van der Waals surface area contributed by atoms with Crippen molar-refractivity contribution in [2.24, 2.45) is 0 Å². The number of nitrogens with zero attached hydrogens (tertiary/aromatic N) is 1. The molecule has 0 amide bonds. The Bertz CT molecular complexity index is 369. The standard InChI is InChI=1S/C12H16ClNO4/c13-10-1-3-11(4-2-10)14(9-12(16)17)5-7-18-8-6-15/h1-4,15H,5-9H2,(H,16,17). The number of carbonyl (C=O) groups is 1. The van der Waals surface area contributed by atoms with E-state index in [1.165, 1.54) is 0 Å². The second-order valence-electron chi connectivity index (χ2n) is 3.63. The summed E-state index contributed by atoms with van der Waals surface area (Å²) < 4.78 is 5.13. The number of rotatable bonds is 8. The molecule has 0 aliphatic rings. The molecule has 0 radical (unpaired) electrons. The van der Waals surface area contributed by atoms with Gasteiger partial charge in [0.1, 0.15) is 6.54 Å². The summed E-state index contributed by atoms with van der Waals surface area (Å²) in [5, 5.41) is 18.0. The molecular weight excluding hydrogens is 258 g/mol. The van der Waals surface area contributed by atoms with Crippen LogP contribution < -0.4 is 4.90 Å². The van der Waals surface area contributed by atoms with Gasteiger partial charge in [-0.2, -0.15) is 0 Å². The summed E-state index contributed by atoms with van der Waals surface area (Å²) in [4.78, 5) is 12.5. The van der Waals surface area contributed by atoms with Crippen LogP contribution in [0, 0.1) is 0 Å². The van der Waals surface area contributed by atoms with Gasteiger partial charge in [0.05, 0.1) is 19.8 Å². The molecule has 0 fully saturated rings. The van der Waals surface area contributed by atoms with E-state index >= 15 is 0 Å². The Morgan fingerprint density at radius 3 is 2.50 bits per heavy atom. The van der Waals surface area contributed by atoms with Gasteiger partial charge in [0, 0.05) is 17.3 Å². The first-order valence-corrected chi connectivity index (χ1v) is 5.92. The molecule has 0 saturated heterocycles. The van der Waals surface area contributed by atoms with Crippen LogP contribution in [0.25, 0.3) is 0 Å². The van der Waals surface area contributed by atoms with Gasteiger partial charge in [-0.05, 0) is 24.3 Å². The van der Waals surface area contributed by atoms with E-state index in [4.69, 9.17) is 26.6 Å². The molecule has 1 rings (SSSR count). The zero-order chi connectivity index (χ0) is 13.4. The molecule has 0 atom stereocenters. The second kappa shape index (κ2) is 7.92. The first-order valence-electron chi connectivity index (χ1n) is 5.54. The first-order chi connectivity index (χ1) is 8.63. The molecule has 2 N–H and O–H groups in total. The van der Waals surface area contributed by atoms with Crippen LogP contribution in [-0.4, -0.2) is 49.1 Å². The Morgan fingerprint density at radius 2 is 1.94 bits per heavy atom. The molecule has 5 nitrogen and oxygen atoms in total. The van der Waals surface area contributed by atoms with E-state index in [1.807, 2.05) is 0 Å². The molecule has 0 unspecified atom stereocenters. The smallest absolute Gasteiger partial charge is 0.323 e. The topological polar surface area (TPSA) is 70.0 Å². The fourth-order valence-corrected chi connectivity index (χ4v) is 1.58. The van der Waals surface area contributed by atoms with E-state index in [0.717, 1.165) is 5.69 Å². The van der Waals surface area contributed by atoms with Crippen molar-refractivity contribution in [3.8, 4) is 0 Å². The fourth-order valence-electron chi connectivity index (χ4n) is 1.46. The quantitative estimate of drug-likeness (QED) is 0.698. The molecule has 0 bridgehead atoms. The monoisotopic (exact) mass is 273 g/mol. The molecule has 0 saturated carbocycles.